The molecule has 0 atom stereocenters. The summed E-state index contributed by atoms with van der Waals surface area (Å²) in [4.78, 5) is 26.8. The van der Waals surface area contributed by atoms with Gasteiger partial charge in [0.05, 0.1) is 12.2 Å². The number of carboxylic acid groups (broad SMARTS) is 1. The zero-order valence-corrected chi connectivity index (χ0v) is 16.8. The van der Waals surface area contributed by atoms with Gasteiger partial charge >= 0.3 is 12.1 Å². The lowest BCUT2D eigenvalue weighted by atomic mass is 9.98. The number of amides is 1. The van der Waals surface area contributed by atoms with Crippen LogP contribution in [0.1, 0.15) is 46.4 Å². The second kappa shape index (κ2) is 7.86. The Morgan fingerprint density at radius 3 is 2.19 bits per heavy atom. The summed E-state index contributed by atoms with van der Waals surface area (Å²) in [5.41, 5.74) is 4.71. The van der Waals surface area contributed by atoms with Gasteiger partial charge in [-0.15, -0.1) is 5.10 Å². The molecule has 0 saturated carbocycles. The zero-order valence-electron chi connectivity index (χ0n) is 16.8. The van der Waals surface area contributed by atoms with Crippen molar-refractivity contribution in [2.45, 2.75) is 24.8 Å². The lowest BCUT2D eigenvalue weighted by Gasteiger charge is -2.31. The van der Waals surface area contributed by atoms with Crippen LogP contribution >= 0.6 is 0 Å². The first kappa shape index (κ1) is 19.3. The topological polar surface area (TPSA) is 97.6 Å². The molecule has 0 radical (unpaired) electrons. The van der Waals surface area contributed by atoms with Gasteiger partial charge in [0.1, 0.15) is 6.61 Å². The molecule has 1 aromatic heterocycles. The summed E-state index contributed by atoms with van der Waals surface area (Å²) in [5, 5.41) is 17.1. The van der Waals surface area contributed by atoms with Crippen molar-refractivity contribution in [2.75, 3.05) is 19.7 Å². The van der Waals surface area contributed by atoms with E-state index in [1.54, 1.807) is 4.90 Å². The molecule has 0 unspecified atom stereocenters. The van der Waals surface area contributed by atoms with Gasteiger partial charge in [-0.3, -0.25) is 0 Å². The Morgan fingerprint density at radius 2 is 1.61 bits per heavy atom. The Hall–Kier alpha value is -3.68. The van der Waals surface area contributed by atoms with Gasteiger partial charge in [0.2, 0.25) is 0 Å². The number of likely N-dealkylation sites (tertiary alicyclic amines) is 1. The lowest BCUT2D eigenvalue weighted by molar-refractivity contribution is 0.0688. The minimum atomic E-state index is -1.10. The molecule has 8 nitrogen and oxygen atoms in total. The Balaban J connectivity index is 1.21. The SMILES string of the molecule is O=C(O)c1cnn(C2CCN(C(=O)OCC3c4ccccc4-c4ccccc43)CC2)n1. The van der Waals surface area contributed by atoms with Crippen LogP contribution in [0.3, 0.4) is 0 Å². The maximum absolute atomic E-state index is 12.7. The van der Waals surface area contributed by atoms with Crippen molar-refractivity contribution in [1.82, 2.24) is 19.9 Å². The number of aromatic nitrogens is 3. The predicted molar refractivity (Wildman–Crippen MR) is 112 cm³/mol. The number of piperidine rings is 1. The summed E-state index contributed by atoms with van der Waals surface area (Å²) in [6.45, 7) is 1.34. The van der Waals surface area contributed by atoms with Crippen molar-refractivity contribution in [3.05, 3.63) is 71.5 Å². The molecular formula is C23H22N4O4. The van der Waals surface area contributed by atoms with Gasteiger partial charge in [-0.05, 0) is 35.1 Å². The van der Waals surface area contributed by atoms with Crippen molar-refractivity contribution in [3.8, 4) is 11.1 Å². The Labute approximate surface area is 179 Å². The first-order valence-electron chi connectivity index (χ1n) is 10.4. The first-order chi connectivity index (χ1) is 15.1. The summed E-state index contributed by atoms with van der Waals surface area (Å²) in [5.74, 6) is -1.06. The molecule has 8 heteroatoms. The summed E-state index contributed by atoms with van der Waals surface area (Å²) >= 11 is 0. The van der Waals surface area contributed by atoms with E-state index in [0.717, 1.165) is 0 Å². The number of carbonyl (C=O) groups is 2. The monoisotopic (exact) mass is 418 g/mol. The predicted octanol–water partition coefficient (Wildman–Crippen LogP) is 3.56. The average Bonchev–Trinajstić information content (AvgIpc) is 3.42. The van der Waals surface area contributed by atoms with E-state index in [0.29, 0.717) is 32.5 Å². The van der Waals surface area contributed by atoms with Gasteiger partial charge < -0.3 is 14.7 Å². The summed E-state index contributed by atoms with van der Waals surface area (Å²) < 4.78 is 5.73. The van der Waals surface area contributed by atoms with E-state index in [2.05, 4.69) is 34.5 Å². The largest absolute Gasteiger partial charge is 0.476 e. The fraction of sp³-hybridized carbons (Fsp3) is 0.304. The minimum Gasteiger partial charge on any atom is -0.476 e. The van der Waals surface area contributed by atoms with Crippen LogP contribution in [0.25, 0.3) is 11.1 Å². The molecular weight excluding hydrogens is 396 g/mol. The smallest absolute Gasteiger partial charge is 0.409 e. The van der Waals surface area contributed by atoms with Gasteiger partial charge in [-0.2, -0.15) is 9.90 Å². The van der Waals surface area contributed by atoms with Crippen LogP contribution in [-0.2, 0) is 4.74 Å². The fourth-order valence-corrected chi connectivity index (χ4v) is 4.51. The van der Waals surface area contributed by atoms with Crippen molar-refractivity contribution in [3.63, 3.8) is 0 Å². The molecule has 1 aliphatic carbocycles. The van der Waals surface area contributed by atoms with Crippen LogP contribution < -0.4 is 0 Å². The van der Waals surface area contributed by atoms with E-state index in [4.69, 9.17) is 9.84 Å². The second-order valence-corrected chi connectivity index (χ2v) is 7.88. The maximum Gasteiger partial charge on any atom is 0.409 e. The van der Waals surface area contributed by atoms with Crippen LogP contribution in [0.5, 0.6) is 0 Å². The number of fused-ring (bicyclic) bond motifs is 3. The highest BCUT2D eigenvalue weighted by Crippen LogP contribution is 2.44. The van der Waals surface area contributed by atoms with E-state index in [1.165, 1.54) is 33.2 Å². The van der Waals surface area contributed by atoms with Crippen LogP contribution in [-0.4, -0.2) is 56.8 Å². The number of benzene rings is 2. The highest BCUT2D eigenvalue weighted by Gasteiger charge is 2.31. The molecule has 1 aliphatic heterocycles. The van der Waals surface area contributed by atoms with Gasteiger partial charge in [0, 0.05) is 19.0 Å². The number of carbonyl (C=O) groups excluding carboxylic acids is 1. The highest BCUT2D eigenvalue weighted by atomic mass is 16.6. The summed E-state index contributed by atoms with van der Waals surface area (Å²) in [6.07, 6.45) is 2.23. The van der Waals surface area contributed by atoms with Crippen molar-refractivity contribution in [1.29, 1.82) is 0 Å². The van der Waals surface area contributed by atoms with Gasteiger partial charge in [-0.1, -0.05) is 48.5 Å². The van der Waals surface area contributed by atoms with E-state index in [-0.39, 0.29) is 23.7 Å². The number of nitrogens with zero attached hydrogens (tertiary/aromatic N) is 4. The summed E-state index contributed by atoms with van der Waals surface area (Å²) in [6, 6.07) is 16.5. The van der Waals surface area contributed by atoms with Crippen molar-refractivity contribution < 1.29 is 19.4 Å². The van der Waals surface area contributed by atoms with E-state index < -0.39 is 5.97 Å². The first-order valence-corrected chi connectivity index (χ1v) is 10.4. The zero-order chi connectivity index (χ0) is 21.4. The molecule has 0 spiro atoms. The number of ether oxygens (including phenoxy) is 1. The third-order valence-electron chi connectivity index (χ3n) is 6.11. The fourth-order valence-electron chi connectivity index (χ4n) is 4.51. The number of aromatic carboxylic acids is 1. The van der Waals surface area contributed by atoms with E-state index in [1.807, 2.05) is 24.3 Å². The van der Waals surface area contributed by atoms with Gasteiger partial charge in [-0.25, -0.2) is 9.59 Å². The Bertz CT molecular complexity index is 1090. The molecule has 31 heavy (non-hydrogen) atoms. The molecule has 0 bridgehead atoms. The van der Waals surface area contributed by atoms with E-state index >= 15 is 0 Å². The molecule has 5 rings (SSSR count). The molecule has 3 aromatic rings. The van der Waals surface area contributed by atoms with Crippen molar-refractivity contribution >= 4 is 12.1 Å². The van der Waals surface area contributed by atoms with Crippen LogP contribution in [0.15, 0.2) is 54.7 Å². The normalized spacial score (nSPS) is 16.1. The van der Waals surface area contributed by atoms with E-state index in [9.17, 15) is 9.59 Å². The molecule has 2 heterocycles. The molecule has 2 aliphatic rings. The third kappa shape index (κ3) is 3.54. The van der Waals surface area contributed by atoms with Crippen LogP contribution in [0.4, 0.5) is 4.79 Å². The number of rotatable bonds is 4. The number of carboxylic acids is 1. The Morgan fingerprint density at radius 1 is 1.00 bits per heavy atom. The quantitative estimate of drug-likeness (QED) is 0.696. The number of hydrogen-bond donors (Lipinski definition) is 1. The average molecular weight is 418 g/mol. The Kier molecular flexibility index (Phi) is 4.89. The maximum atomic E-state index is 12.7. The number of hydrogen-bond acceptors (Lipinski definition) is 5. The highest BCUT2D eigenvalue weighted by molar-refractivity contribution is 5.84. The van der Waals surface area contributed by atoms with Gasteiger partial charge in [0.25, 0.3) is 0 Å². The second-order valence-electron chi connectivity index (χ2n) is 7.88. The van der Waals surface area contributed by atoms with Crippen LogP contribution in [0.2, 0.25) is 0 Å². The third-order valence-corrected chi connectivity index (χ3v) is 6.11. The molecule has 2 aromatic carbocycles. The molecule has 1 N–H and O–H groups in total. The minimum absolute atomic E-state index is 0.0225. The molecule has 158 valence electrons. The van der Waals surface area contributed by atoms with Crippen molar-refractivity contribution in [2.24, 2.45) is 0 Å². The molecule has 1 saturated heterocycles. The lowest BCUT2D eigenvalue weighted by Crippen LogP contribution is -2.40. The molecule has 1 amide bonds. The van der Waals surface area contributed by atoms with Crippen LogP contribution in [0, 0.1) is 0 Å². The molecule has 1 fully saturated rings. The van der Waals surface area contributed by atoms with Gasteiger partial charge in [0.15, 0.2) is 5.69 Å². The summed E-state index contributed by atoms with van der Waals surface area (Å²) in [7, 11) is 0. The standard InChI is InChI=1S/C23H22N4O4/c28-22(29)21-13-24-27(25-21)15-9-11-26(12-10-15)23(30)31-14-20-18-7-3-1-5-16(18)17-6-2-4-8-19(17)20/h1-8,13,15,20H,9-12,14H2,(H,28,29).